The molecule has 0 atom stereocenters. The molecule has 41 heavy (non-hydrogen) atoms. The number of methoxy groups -OCH3 is 2. The molecular weight excluding hydrogens is 554 g/mol. The second-order valence-electron chi connectivity index (χ2n) is 10.3. The molecule has 5 rings (SSSR count). The Morgan fingerprint density at radius 3 is 2.32 bits per heavy atom. The molecule has 1 saturated heterocycles. The quantitative estimate of drug-likeness (QED) is 0.335. The van der Waals surface area contributed by atoms with Crippen LogP contribution in [0.5, 0.6) is 11.5 Å². The number of fused-ring (bicyclic) bond motifs is 1. The fourth-order valence-electron chi connectivity index (χ4n) is 5.18. The van der Waals surface area contributed by atoms with E-state index in [1.165, 1.54) is 6.20 Å². The van der Waals surface area contributed by atoms with Gasteiger partial charge in [-0.1, -0.05) is 11.6 Å². The molecule has 2 aliphatic rings. The number of ether oxygens (including phenoxy) is 3. The molecule has 0 saturated carbocycles. The average Bonchev–Trinajstić information content (AvgIpc) is 3.15. The number of hydrogen-bond donors (Lipinski definition) is 2. The number of nitrogens with one attached hydrogen (secondary N) is 2. The van der Waals surface area contributed by atoms with Gasteiger partial charge < -0.3 is 29.7 Å². The molecule has 0 amide bonds. The fourth-order valence-corrected chi connectivity index (χ4v) is 5.32. The molecule has 0 bridgehead atoms. The summed E-state index contributed by atoms with van der Waals surface area (Å²) in [5.41, 5.74) is 4.60. The maximum absolute atomic E-state index is 13.6. The molecular formula is C29H35ClF2N6O3. The molecule has 220 valence electrons. The lowest BCUT2D eigenvalue weighted by Gasteiger charge is -2.29. The van der Waals surface area contributed by atoms with E-state index in [4.69, 9.17) is 25.8 Å². The van der Waals surface area contributed by atoms with Crippen LogP contribution in [0.15, 0.2) is 36.5 Å². The van der Waals surface area contributed by atoms with Crippen molar-refractivity contribution in [2.24, 2.45) is 0 Å². The molecule has 0 aliphatic carbocycles. The third-order valence-corrected chi connectivity index (χ3v) is 7.50. The van der Waals surface area contributed by atoms with Crippen LogP contribution in [0.2, 0.25) is 5.02 Å². The minimum Gasteiger partial charge on any atom is -0.495 e. The van der Waals surface area contributed by atoms with E-state index in [9.17, 15) is 8.78 Å². The summed E-state index contributed by atoms with van der Waals surface area (Å²) in [7, 11) is 3.21. The highest BCUT2D eigenvalue weighted by Crippen LogP contribution is 2.36. The molecule has 3 aromatic rings. The second-order valence-corrected chi connectivity index (χ2v) is 10.7. The van der Waals surface area contributed by atoms with Crippen LogP contribution in [0.1, 0.15) is 18.1 Å². The summed E-state index contributed by atoms with van der Waals surface area (Å²) >= 11 is 6.47. The van der Waals surface area contributed by atoms with Crippen LogP contribution >= 0.6 is 11.6 Å². The molecule has 2 N–H and O–H groups in total. The molecule has 2 aromatic carbocycles. The predicted octanol–water partition coefficient (Wildman–Crippen LogP) is 5.53. The van der Waals surface area contributed by atoms with Gasteiger partial charge in [-0.05, 0) is 48.2 Å². The Morgan fingerprint density at radius 1 is 0.951 bits per heavy atom. The Bertz CT molecular complexity index is 1370. The van der Waals surface area contributed by atoms with E-state index in [2.05, 4.69) is 25.5 Å². The van der Waals surface area contributed by atoms with Gasteiger partial charge in [-0.15, -0.1) is 0 Å². The van der Waals surface area contributed by atoms with E-state index >= 15 is 0 Å². The fraction of sp³-hybridized carbons (Fsp3) is 0.448. The lowest BCUT2D eigenvalue weighted by Crippen LogP contribution is -2.36. The Labute approximate surface area is 243 Å². The smallest absolute Gasteiger partial charge is 0.257 e. The van der Waals surface area contributed by atoms with Gasteiger partial charge >= 0.3 is 0 Å². The van der Waals surface area contributed by atoms with Crippen molar-refractivity contribution in [3.8, 4) is 11.5 Å². The Hall–Kier alpha value is -3.41. The van der Waals surface area contributed by atoms with Crippen molar-refractivity contribution in [1.82, 2.24) is 14.9 Å². The molecule has 12 heteroatoms. The first-order valence-corrected chi connectivity index (χ1v) is 14.0. The standard InChI is InChI=1S/C29H35ClF2N6O3/c1-29(31,32)18-37-8-6-19-14-24(25(39-2)15-20(19)7-9-37)35-28-33-17-22(30)27(36-28)34-23-5-4-21(16-26(23)40-3)38-10-12-41-13-11-38/h4-5,14-17H,6-13,18H2,1-3H3,(H2,33,34,35,36). The number of benzene rings is 2. The number of hydrogen-bond acceptors (Lipinski definition) is 9. The number of halogens is 3. The normalized spacial score (nSPS) is 16.1. The zero-order valence-corrected chi connectivity index (χ0v) is 24.2. The van der Waals surface area contributed by atoms with E-state index in [1.54, 1.807) is 14.2 Å². The molecule has 1 fully saturated rings. The van der Waals surface area contributed by atoms with Gasteiger partial charge in [0.25, 0.3) is 5.92 Å². The van der Waals surface area contributed by atoms with Gasteiger partial charge in [-0.2, -0.15) is 4.98 Å². The van der Waals surface area contributed by atoms with Gasteiger partial charge in [0.1, 0.15) is 16.5 Å². The molecule has 9 nitrogen and oxygen atoms in total. The monoisotopic (exact) mass is 588 g/mol. The minimum atomic E-state index is -2.73. The highest BCUT2D eigenvalue weighted by Gasteiger charge is 2.27. The van der Waals surface area contributed by atoms with Crippen molar-refractivity contribution >= 4 is 40.4 Å². The number of nitrogens with zero attached hydrogens (tertiary/aromatic N) is 4. The highest BCUT2D eigenvalue weighted by atomic mass is 35.5. The predicted molar refractivity (Wildman–Crippen MR) is 157 cm³/mol. The van der Waals surface area contributed by atoms with E-state index < -0.39 is 5.92 Å². The first kappa shape index (κ1) is 29.1. The Balaban J connectivity index is 1.34. The number of aromatic nitrogens is 2. The van der Waals surface area contributed by atoms with Crippen molar-refractivity contribution in [3.63, 3.8) is 0 Å². The van der Waals surface area contributed by atoms with Crippen molar-refractivity contribution in [1.29, 1.82) is 0 Å². The lowest BCUT2D eigenvalue weighted by molar-refractivity contribution is -0.0133. The number of morpholine rings is 1. The minimum absolute atomic E-state index is 0.252. The Kier molecular flexibility index (Phi) is 8.96. The zero-order valence-electron chi connectivity index (χ0n) is 23.5. The average molecular weight is 589 g/mol. The highest BCUT2D eigenvalue weighted by molar-refractivity contribution is 6.33. The van der Waals surface area contributed by atoms with Crippen LogP contribution in [-0.4, -0.2) is 80.9 Å². The van der Waals surface area contributed by atoms with E-state index in [0.29, 0.717) is 78.8 Å². The summed E-state index contributed by atoms with van der Waals surface area (Å²) in [6, 6.07) is 9.88. The van der Waals surface area contributed by atoms with Crippen LogP contribution in [0.4, 0.5) is 37.6 Å². The van der Waals surface area contributed by atoms with Crippen LogP contribution < -0.4 is 25.0 Å². The zero-order chi connectivity index (χ0) is 29.0. The maximum atomic E-state index is 13.6. The van der Waals surface area contributed by atoms with Gasteiger partial charge in [-0.3, -0.25) is 4.90 Å². The maximum Gasteiger partial charge on any atom is 0.257 e. The summed E-state index contributed by atoms with van der Waals surface area (Å²) < 4.78 is 44.0. The van der Waals surface area contributed by atoms with Gasteiger partial charge in [0.05, 0.1) is 51.5 Å². The first-order valence-electron chi connectivity index (χ1n) is 13.6. The molecule has 3 heterocycles. The van der Waals surface area contributed by atoms with Crippen LogP contribution in [0.25, 0.3) is 0 Å². The van der Waals surface area contributed by atoms with Crippen LogP contribution in [0.3, 0.4) is 0 Å². The van der Waals surface area contributed by atoms with E-state index in [0.717, 1.165) is 36.8 Å². The van der Waals surface area contributed by atoms with Gasteiger partial charge in [0, 0.05) is 44.9 Å². The van der Waals surface area contributed by atoms with E-state index in [-0.39, 0.29) is 6.54 Å². The summed E-state index contributed by atoms with van der Waals surface area (Å²) in [6.07, 6.45) is 2.84. The largest absolute Gasteiger partial charge is 0.495 e. The first-order chi connectivity index (χ1) is 19.7. The second kappa shape index (κ2) is 12.6. The molecule has 2 aliphatic heterocycles. The third-order valence-electron chi connectivity index (χ3n) is 7.22. The number of alkyl halides is 2. The van der Waals surface area contributed by atoms with Gasteiger partial charge in [0.2, 0.25) is 5.95 Å². The van der Waals surface area contributed by atoms with Crippen LogP contribution in [-0.2, 0) is 17.6 Å². The molecule has 1 aromatic heterocycles. The van der Waals surface area contributed by atoms with Crippen molar-refractivity contribution in [2.75, 3.05) is 75.7 Å². The van der Waals surface area contributed by atoms with E-state index in [1.807, 2.05) is 35.2 Å². The molecule has 0 unspecified atom stereocenters. The lowest BCUT2D eigenvalue weighted by atomic mass is 10.0. The topological polar surface area (TPSA) is 84.0 Å². The van der Waals surface area contributed by atoms with Crippen molar-refractivity contribution < 1.29 is 23.0 Å². The van der Waals surface area contributed by atoms with Crippen LogP contribution in [0, 0.1) is 0 Å². The number of rotatable bonds is 9. The molecule has 0 spiro atoms. The Morgan fingerprint density at radius 2 is 1.63 bits per heavy atom. The van der Waals surface area contributed by atoms with Crippen molar-refractivity contribution in [2.45, 2.75) is 25.7 Å². The summed E-state index contributed by atoms with van der Waals surface area (Å²) in [4.78, 5) is 13.0. The summed E-state index contributed by atoms with van der Waals surface area (Å²) in [5.74, 6) is -0.730. The summed E-state index contributed by atoms with van der Waals surface area (Å²) in [6.45, 7) is 4.86. The summed E-state index contributed by atoms with van der Waals surface area (Å²) in [5, 5.41) is 6.86. The third kappa shape index (κ3) is 7.27. The SMILES string of the molecule is COc1cc2c(cc1Nc1ncc(Cl)c(Nc3ccc(N4CCOCC4)cc3OC)n1)CCN(CC(C)(F)F)CC2. The number of anilines is 5. The van der Waals surface area contributed by atoms with Crippen molar-refractivity contribution in [3.05, 3.63) is 52.7 Å². The molecule has 0 radical (unpaired) electrons. The van der Waals surface area contributed by atoms with Gasteiger partial charge in [-0.25, -0.2) is 13.8 Å². The van der Waals surface area contributed by atoms with Gasteiger partial charge in [0.15, 0.2) is 5.82 Å².